The normalized spacial score (nSPS) is 10.9. The van der Waals surface area contributed by atoms with Crippen molar-refractivity contribution in [3.8, 4) is 40.1 Å². The van der Waals surface area contributed by atoms with E-state index in [9.17, 15) is 20.1 Å². The predicted molar refractivity (Wildman–Crippen MR) is 104 cm³/mol. The molecular weight excluding hydrogens is 364 g/mol. The predicted octanol–water partition coefficient (Wildman–Crippen LogP) is 4.15. The minimum atomic E-state index is -0.470. The molecule has 0 saturated heterocycles. The fourth-order valence-corrected chi connectivity index (χ4v) is 2.90. The topological polar surface area (TPSA) is 109 Å². The van der Waals surface area contributed by atoms with Crippen LogP contribution in [-0.2, 0) is 0 Å². The minimum Gasteiger partial charge on any atom is -0.504 e. The van der Waals surface area contributed by atoms with E-state index in [0.29, 0.717) is 12.2 Å². The summed E-state index contributed by atoms with van der Waals surface area (Å²) in [7, 11) is 1.43. The summed E-state index contributed by atoms with van der Waals surface area (Å²) in [4.78, 5) is 12.6. The zero-order valence-electron chi connectivity index (χ0n) is 15.7. The van der Waals surface area contributed by atoms with Gasteiger partial charge in [0.2, 0.25) is 5.75 Å². The lowest BCUT2D eigenvalue weighted by molar-refractivity contribution is 0.272. The van der Waals surface area contributed by atoms with Gasteiger partial charge in [-0.05, 0) is 24.6 Å². The number of hydrogen-bond acceptors (Lipinski definition) is 7. The van der Waals surface area contributed by atoms with Gasteiger partial charge in [0.05, 0.1) is 13.7 Å². The summed E-state index contributed by atoms with van der Waals surface area (Å²) in [5.74, 6) is -0.429. The number of methoxy groups -OCH3 is 1. The lowest BCUT2D eigenvalue weighted by atomic mass is 10.1. The van der Waals surface area contributed by atoms with Crippen LogP contribution in [0.5, 0.6) is 28.7 Å². The Kier molecular flexibility index (Phi) is 5.63. The van der Waals surface area contributed by atoms with Crippen LogP contribution in [0.25, 0.3) is 22.3 Å². The molecule has 0 aliphatic heterocycles. The molecule has 0 fully saturated rings. The maximum Gasteiger partial charge on any atom is 0.204 e. The summed E-state index contributed by atoms with van der Waals surface area (Å²) in [6.45, 7) is 2.46. The van der Waals surface area contributed by atoms with Crippen LogP contribution in [0.2, 0.25) is 0 Å². The molecule has 0 spiro atoms. The van der Waals surface area contributed by atoms with Gasteiger partial charge in [0.25, 0.3) is 0 Å². The van der Waals surface area contributed by atoms with Gasteiger partial charge in [0.15, 0.2) is 28.4 Å². The maximum atomic E-state index is 12.6. The standard InChI is InChI=1S/C21H22O7/c1-3-4-5-8-27-21-18(26-2)11-17-19(20(21)25)15(24)10-16(28-17)12-6-7-13(22)14(23)9-12/h6-7,9-11,22-23,25H,3-5,8H2,1-2H3. The quantitative estimate of drug-likeness (QED) is 0.413. The van der Waals surface area contributed by atoms with Crippen molar-refractivity contribution in [3.05, 3.63) is 40.6 Å². The van der Waals surface area contributed by atoms with Gasteiger partial charge in [-0.2, -0.15) is 0 Å². The number of phenolic OH excluding ortho intramolecular Hbond substituents is 3. The lowest BCUT2D eigenvalue weighted by Crippen LogP contribution is -2.05. The van der Waals surface area contributed by atoms with Crippen LogP contribution in [0, 0.1) is 0 Å². The van der Waals surface area contributed by atoms with E-state index in [1.807, 2.05) is 0 Å². The summed E-state index contributed by atoms with van der Waals surface area (Å²) < 4.78 is 16.7. The van der Waals surface area contributed by atoms with Crippen LogP contribution in [0.1, 0.15) is 26.2 Å². The molecule has 148 valence electrons. The highest BCUT2D eigenvalue weighted by atomic mass is 16.5. The fraction of sp³-hybridized carbons (Fsp3) is 0.286. The molecule has 3 rings (SSSR count). The van der Waals surface area contributed by atoms with Gasteiger partial charge in [-0.1, -0.05) is 19.8 Å². The molecule has 1 heterocycles. The van der Waals surface area contributed by atoms with Crippen molar-refractivity contribution in [1.82, 2.24) is 0 Å². The number of hydrogen-bond donors (Lipinski definition) is 3. The minimum absolute atomic E-state index is 0.0157. The molecular formula is C21H22O7. The monoisotopic (exact) mass is 386 g/mol. The van der Waals surface area contributed by atoms with E-state index < -0.39 is 5.43 Å². The van der Waals surface area contributed by atoms with Gasteiger partial charge in [0.1, 0.15) is 16.7 Å². The number of aromatic hydroxyl groups is 3. The summed E-state index contributed by atoms with van der Waals surface area (Å²) >= 11 is 0. The van der Waals surface area contributed by atoms with Gasteiger partial charge in [-0.15, -0.1) is 0 Å². The average Bonchev–Trinajstić information content (AvgIpc) is 2.67. The first-order valence-electron chi connectivity index (χ1n) is 8.99. The second-order valence-electron chi connectivity index (χ2n) is 6.36. The Bertz CT molecular complexity index is 1050. The number of ether oxygens (including phenoxy) is 2. The van der Waals surface area contributed by atoms with E-state index in [2.05, 4.69) is 6.92 Å². The Labute approximate surface area is 161 Å². The Morgan fingerprint density at radius 3 is 2.50 bits per heavy atom. The third kappa shape index (κ3) is 3.69. The lowest BCUT2D eigenvalue weighted by Gasteiger charge is -2.14. The first-order chi connectivity index (χ1) is 13.5. The summed E-state index contributed by atoms with van der Waals surface area (Å²) in [5, 5.41) is 29.7. The molecule has 0 unspecified atom stereocenters. The highest BCUT2D eigenvalue weighted by Gasteiger charge is 2.20. The molecule has 7 nitrogen and oxygen atoms in total. The summed E-state index contributed by atoms with van der Waals surface area (Å²) in [6, 6.07) is 6.76. The first-order valence-corrected chi connectivity index (χ1v) is 8.99. The molecule has 2 aromatic carbocycles. The largest absolute Gasteiger partial charge is 0.504 e. The van der Waals surface area contributed by atoms with Gasteiger partial charge in [-0.3, -0.25) is 4.79 Å². The van der Waals surface area contributed by atoms with Crippen LogP contribution < -0.4 is 14.9 Å². The molecule has 0 bridgehead atoms. The smallest absolute Gasteiger partial charge is 0.204 e. The molecule has 0 amide bonds. The van der Waals surface area contributed by atoms with E-state index in [1.165, 1.54) is 37.4 Å². The average molecular weight is 386 g/mol. The molecule has 1 aromatic heterocycles. The fourth-order valence-electron chi connectivity index (χ4n) is 2.90. The van der Waals surface area contributed by atoms with Gasteiger partial charge in [0, 0.05) is 17.7 Å². The first kappa shape index (κ1) is 19.4. The second kappa shape index (κ2) is 8.12. The number of fused-ring (bicyclic) bond motifs is 1. The Morgan fingerprint density at radius 2 is 1.82 bits per heavy atom. The molecule has 3 aromatic rings. The van der Waals surface area contributed by atoms with Crippen molar-refractivity contribution in [2.45, 2.75) is 26.2 Å². The summed E-state index contributed by atoms with van der Waals surface area (Å²) in [5.41, 5.74) is 0.0420. The molecule has 3 N–H and O–H groups in total. The third-order valence-corrected chi connectivity index (χ3v) is 4.39. The Morgan fingerprint density at radius 1 is 1.04 bits per heavy atom. The number of rotatable bonds is 7. The molecule has 0 atom stereocenters. The number of unbranched alkanes of at least 4 members (excludes halogenated alkanes) is 2. The van der Waals surface area contributed by atoms with Crippen molar-refractivity contribution in [2.24, 2.45) is 0 Å². The van der Waals surface area contributed by atoms with Crippen molar-refractivity contribution in [1.29, 1.82) is 0 Å². The van der Waals surface area contributed by atoms with Crippen LogP contribution in [-0.4, -0.2) is 29.0 Å². The summed E-state index contributed by atoms with van der Waals surface area (Å²) in [6.07, 6.45) is 2.83. The highest BCUT2D eigenvalue weighted by molar-refractivity contribution is 5.89. The number of benzene rings is 2. The van der Waals surface area contributed by atoms with Crippen LogP contribution in [0.15, 0.2) is 39.5 Å². The molecule has 0 aliphatic carbocycles. The van der Waals surface area contributed by atoms with Crippen molar-refractivity contribution < 1.29 is 29.2 Å². The van der Waals surface area contributed by atoms with E-state index >= 15 is 0 Å². The highest BCUT2D eigenvalue weighted by Crippen LogP contribution is 2.42. The van der Waals surface area contributed by atoms with E-state index in [1.54, 1.807) is 0 Å². The molecule has 28 heavy (non-hydrogen) atoms. The van der Waals surface area contributed by atoms with Crippen LogP contribution in [0.4, 0.5) is 0 Å². The van der Waals surface area contributed by atoms with Crippen LogP contribution >= 0.6 is 0 Å². The third-order valence-electron chi connectivity index (χ3n) is 4.39. The van der Waals surface area contributed by atoms with Gasteiger partial charge < -0.3 is 29.2 Å². The SMILES string of the molecule is CCCCCOc1c(OC)cc2oc(-c3ccc(O)c(O)c3)cc(=O)c2c1O. The van der Waals surface area contributed by atoms with Crippen molar-refractivity contribution in [3.63, 3.8) is 0 Å². The van der Waals surface area contributed by atoms with Crippen molar-refractivity contribution >= 4 is 11.0 Å². The van der Waals surface area contributed by atoms with E-state index in [4.69, 9.17) is 13.9 Å². The Balaban J connectivity index is 2.09. The van der Waals surface area contributed by atoms with Gasteiger partial charge >= 0.3 is 0 Å². The second-order valence-corrected chi connectivity index (χ2v) is 6.36. The van der Waals surface area contributed by atoms with Gasteiger partial charge in [-0.25, -0.2) is 0 Å². The molecule has 0 aliphatic rings. The molecule has 0 radical (unpaired) electrons. The van der Waals surface area contributed by atoms with Crippen LogP contribution in [0.3, 0.4) is 0 Å². The van der Waals surface area contributed by atoms with E-state index in [0.717, 1.165) is 19.3 Å². The number of phenols is 3. The van der Waals surface area contributed by atoms with E-state index in [-0.39, 0.29) is 45.5 Å². The maximum absolute atomic E-state index is 12.6. The molecule has 0 saturated carbocycles. The zero-order chi connectivity index (χ0) is 20.3. The Hall–Kier alpha value is -3.35. The zero-order valence-corrected chi connectivity index (χ0v) is 15.7. The molecule has 7 heteroatoms. The van der Waals surface area contributed by atoms with Crippen molar-refractivity contribution in [2.75, 3.05) is 13.7 Å².